The van der Waals surface area contributed by atoms with Crippen LogP contribution in [0.4, 0.5) is 9.18 Å². The first kappa shape index (κ1) is 12.9. The molecule has 1 aliphatic rings. The Bertz CT molecular complexity index is 413. The fourth-order valence-electron chi connectivity index (χ4n) is 2.03. The number of imidazole rings is 1. The maximum atomic E-state index is 13.5. The Morgan fingerprint density at radius 3 is 2.89 bits per heavy atom. The first-order chi connectivity index (χ1) is 8.37. The van der Waals surface area contributed by atoms with Crippen LogP contribution in [0.5, 0.6) is 0 Å². The van der Waals surface area contributed by atoms with E-state index in [0.29, 0.717) is 5.82 Å². The smallest absolute Gasteiger partial charge is 0.411 e. The molecule has 5 nitrogen and oxygen atoms in total. The van der Waals surface area contributed by atoms with Gasteiger partial charge in [-0.3, -0.25) is 4.90 Å². The molecule has 6 heteroatoms. The van der Waals surface area contributed by atoms with E-state index in [0.717, 1.165) is 0 Å². The molecule has 1 aromatic heterocycles. The molecule has 1 saturated heterocycles. The molecule has 1 aromatic rings. The Kier molecular flexibility index (Phi) is 3.28. The number of alkyl halides is 1. The molecule has 1 N–H and O–H groups in total. The standard InChI is InChI=1S/C12H18FN3O2/c1-12(2,3)18-11(17)16-7-8(13)6-9(16)10-14-4-5-15-10/h4-5,8-9H,6-7H2,1-3H3,(H,14,15)/t8-,9+/m1/s1. The second-order valence-electron chi connectivity index (χ2n) is 5.46. The van der Waals surface area contributed by atoms with Crippen LogP contribution < -0.4 is 0 Å². The van der Waals surface area contributed by atoms with Gasteiger partial charge in [0.2, 0.25) is 0 Å². The summed E-state index contributed by atoms with van der Waals surface area (Å²) < 4.78 is 18.8. The van der Waals surface area contributed by atoms with Crippen molar-refractivity contribution >= 4 is 6.09 Å². The van der Waals surface area contributed by atoms with Crippen molar-refractivity contribution in [3.8, 4) is 0 Å². The van der Waals surface area contributed by atoms with Crippen molar-refractivity contribution in [1.82, 2.24) is 14.9 Å². The van der Waals surface area contributed by atoms with Gasteiger partial charge in [0.15, 0.2) is 0 Å². The summed E-state index contributed by atoms with van der Waals surface area (Å²) in [6, 6.07) is -0.371. The van der Waals surface area contributed by atoms with E-state index in [1.807, 2.05) is 0 Å². The van der Waals surface area contributed by atoms with Gasteiger partial charge in [0.25, 0.3) is 0 Å². The van der Waals surface area contributed by atoms with Gasteiger partial charge in [-0.2, -0.15) is 0 Å². The fourth-order valence-corrected chi connectivity index (χ4v) is 2.03. The number of hydrogen-bond acceptors (Lipinski definition) is 3. The number of carbonyl (C=O) groups excluding carboxylic acids is 1. The van der Waals surface area contributed by atoms with Gasteiger partial charge in [0.1, 0.15) is 17.6 Å². The van der Waals surface area contributed by atoms with Gasteiger partial charge in [-0.05, 0) is 20.8 Å². The number of H-pyrrole nitrogens is 1. The highest BCUT2D eigenvalue weighted by atomic mass is 19.1. The lowest BCUT2D eigenvalue weighted by Gasteiger charge is -2.27. The number of hydrogen-bond donors (Lipinski definition) is 1. The Balaban J connectivity index is 2.13. The highest BCUT2D eigenvalue weighted by Gasteiger charge is 2.39. The van der Waals surface area contributed by atoms with Gasteiger partial charge in [0.05, 0.1) is 12.6 Å². The summed E-state index contributed by atoms with van der Waals surface area (Å²) in [6.07, 6.45) is 1.98. The monoisotopic (exact) mass is 255 g/mol. The van der Waals surface area contributed by atoms with E-state index < -0.39 is 17.9 Å². The maximum absolute atomic E-state index is 13.5. The molecule has 0 radical (unpaired) electrons. The molecule has 0 bridgehead atoms. The van der Waals surface area contributed by atoms with Crippen LogP contribution in [-0.2, 0) is 4.74 Å². The number of aromatic amines is 1. The highest BCUT2D eigenvalue weighted by molar-refractivity contribution is 5.69. The first-order valence-corrected chi connectivity index (χ1v) is 6.00. The quantitative estimate of drug-likeness (QED) is 0.838. The van der Waals surface area contributed by atoms with Crippen molar-refractivity contribution in [3.05, 3.63) is 18.2 Å². The average molecular weight is 255 g/mol. The van der Waals surface area contributed by atoms with Gasteiger partial charge in [0, 0.05) is 18.8 Å². The molecule has 100 valence electrons. The third kappa shape index (κ3) is 2.80. The molecular formula is C12H18FN3O2. The number of ether oxygens (including phenoxy) is 1. The number of rotatable bonds is 1. The number of nitrogens with zero attached hydrogens (tertiary/aromatic N) is 2. The topological polar surface area (TPSA) is 58.2 Å². The fraction of sp³-hybridized carbons (Fsp3) is 0.667. The maximum Gasteiger partial charge on any atom is 0.411 e. The number of aromatic nitrogens is 2. The number of nitrogens with one attached hydrogen (secondary N) is 1. The van der Waals surface area contributed by atoms with E-state index in [-0.39, 0.29) is 19.0 Å². The summed E-state index contributed by atoms with van der Waals surface area (Å²) >= 11 is 0. The Labute approximate surface area is 105 Å². The molecule has 1 fully saturated rings. The number of halogens is 1. The lowest BCUT2D eigenvalue weighted by Crippen LogP contribution is -2.37. The van der Waals surface area contributed by atoms with Crippen LogP contribution in [0.1, 0.15) is 39.1 Å². The van der Waals surface area contributed by atoms with Gasteiger partial charge in [-0.25, -0.2) is 14.2 Å². The molecule has 2 rings (SSSR count). The first-order valence-electron chi connectivity index (χ1n) is 6.00. The lowest BCUT2D eigenvalue weighted by atomic mass is 10.2. The highest BCUT2D eigenvalue weighted by Crippen LogP contribution is 2.32. The van der Waals surface area contributed by atoms with E-state index >= 15 is 0 Å². The van der Waals surface area contributed by atoms with Crippen LogP contribution in [0.15, 0.2) is 12.4 Å². The normalized spacial score (nSPS) is 24.3. The van der Waals surface area contributed by atoms with E-state index in [4.69, 9.17) is 4.74 Å². The summed E-state index contributed by atoms with van der Waals surface area (Å²) in [5.74, 6) is 0.598. The molecule has 2 heterocycles. The van der Waals surface area contributed by atoms with E-state index in [1.54, 1.807) is 33.2 Å². The second kappa shape index (κ2) is 4.59. The molecule has 2 atom stereocenters. The van der Waals surface area contributed by atoms with Crippen LogP contribution in [0.2, 0.25) is 0 Å². The van der Waals surface area contributed by atoms with Crippen LogP contribution >= 0.6 is 0 Å². The number of carbonyl (C=O) groups is 1. The minimum absolute atomic E-state index is 0.0558. The van der Waals surface area contributed by atoms with Gasteiger partial charge >= 0.3 is 6.09 Å². The second-order valence-corrected chi connectivity index (χ2v) is 5.46. The zero-order chi connectivity index (χ0) is 13.3. The molecule has 0 unspecified atom stereocenters. The van der Waals surface area contributed by atoms with Crippen molar-refractivity contribution in [2.24, 2.45) is 0 Å². The van der Waals surface area contributed by atoms with Crippen LogP contribution in [0, 0.1) is 0 Å². The molecular weight excluding hydrogens is 237 g/mol. The minimum atomic E-state index is -1.03. The summed E-state index contributed by atoms with van der Waals surface area (Å²) in [4.78, 5) is 20.4. The zero-order valence-electron chi connectivity index (χ0n) is 10.8. The number of likely N-dealkylation sites (tertiary alicyclic amines) is 1. The molecule has 0 saturated carbocycles. The zero-order valence-corrected chi connectivity index (χ0v) is 10.8. The predicted molar refractivity (Wildman–Crippen MR) is 63.8 cm³/mol. The minimum Gasteiger partial charge on any atom is -0.444 e. The van der Waals surface area contributed by atoms with Gasteiger partial charge in [-0.15, -0.1) is 0 Å². The summed E-state index contributed by atoms with van der Waals surface area (Å²) in [5, 5.41) is 0. The average Bonchev–Trinajstić information content (AvgIpc) is 2.82. The van der Waals surface area contributed by atoms with E-state index in [2.05, 4.69) is 9.97 Å². The lowest BCUT2D eigenvalue weighted by molar-refractivity contribution is 0.0211. The molecule has 0 aliphatic carbocycles. The predicted octanol–water partition coefficient (Wildman–Crippen LogP) is 2.43. The molecule has 18 heavy (non-hydrogen) atoms. The number of amides is 1. The SMILES string of the molecule is CC(C)(C)OC(=O)N1C[C@H](F)C[C@H]1c1ncc[nH]1. The summed E-state index contributed by atoms with van der Waals surface area (Å²) in [5.41, 5.74) is -0.584. The van der Waals surface area contributed by atoms with E-state index in [1.165, 1.54) is 4.90 Å². The molecule has 1 amide bonds. The molecule has 1 aliphatic heterocycles. The van der Waals surface area contributed by atoms with Gasteiger partial charge in [-0.1, -0.05) is 0 Å². The third-order valence-corrected chi connectivity index (χ3v) is 2.71. The van der Waals surface area contributed by atoms with Crippen molar-refractivity contribution in [1.29, 1.82) is 0 Å². The largest absolute Gasteiger partial charge is 0.444 e. The van der Waals surface area contributed by atoms with Crippen LogP contribution in [0.25, 0.3) is 0 Å². The third-order valence-electron chi connectivity index (χ3n) is 2.71. The van der Waals surface area contributed by atoms with Crippen molar-refractivity contribution in [2.75, 3.05) is 6.54 Å². The van der Waals surface area contributed by atoms with Crippen LogP contribution in [0.3, 0.4) is 0 Å². The Morgan fingerprint density at radius 2 is 2.33 bits per heavy atom. The van der Waals surface area contributed by atoms with Crippen molar-refractivity contribution < 1.29 is 13.9 Å². The Morgan fingerprint density at radius 1 is 1.61 bits per heavy atom. The van der Waals surface area contributed by atoms with Gasteiger partial charge < -0.3 is 9.72 Å². The van der Waals surface area contributed by atoms with Crippen molar-refractivity contribution in [3.63, 3.8) is 0 Å². The summed E-state index contributed by atoms with van der Waals surface area (Å²) in [6.45, 7) is 5.42. The van der Waals surface area contributed by atoms with Crippen LogP contribution in [-0.4, -0.2) is 39.3 Å². The molecule has 0 aromatic carbocycles. The summed E-state index contributed by atoms with van der Waals surface area (Å²) in [7, 11) is 0. The van der Waals surface area contributed by atoms with E-state index in [9.17, 15) is 9.18 Å². The molecule has 0 spiro atoms. The Hall–Kier alpha value is -1.59. The van der Waals surface area contributed by atoms with Crippen molar-refractivity contribution in [2.45, 2.75) is 45.0 Å².